The molecule has 0 atom stereocenters. The number of carboxylic acids is 1. The Labute approximate surface area is 273 Å². The zero-order valence-corrected chi connectivity index (χ0v) is 27.2. The third-order valence-electron chi connectivity index (χ3n) is 10.0. The molecule has 2 fully saturated rings. The highest BCUT2D eigenvalue weighted by molar-refractivity contribution is 6.30. The first kappa shape index (κ1) is 30.2. The van der Waals surface area contributed by atoms with Crippen LogP contribution < -0.4 is 5.32 Å². The Morgan fingerprint density at radius 1 is 1.02 bits per heavy atom. The maximum Gasteiger partial charge on any atom is 0.331 e. The highest BCUT2D eigenvalue weighted by Crippen LogP contribution is 2.43. The molecular formula is C37H38ClN5O3. The molecule has 9 heteroatoms. The van der Waals surface area contributed by atoms with Gasteiger partial charge >= 0.3 is 5.97 Å². The lowest BCUT2D eigenvalue weighted by atomic mass is 9.75. The number of carboxylic acid groups (broad SMARTS) is 1. The third-order valence-corrected chi connectivity index (χ3v) is 10.3. The second-order valence-corrected chi connectivity index (χ2v) is 13.4. The molecule has 2 saturated carbocycles. The molecule has 2 aromatic carbocycles. The topological polar surface area (TPSA) is 102 Å². The van der Waals surface area contributed by atoms with E-state index < -0.39 is 11.5 Å². The van der Waals surface area contributed by atoms with Gasteiger partial charge in [0.05, 0.1) is 33.0 Å². The van der Waals surface area contributed by atoms with Crippen LogP contribution in [0.15, 0.2) is 60.3 Å². The lowest BCUT2D eigenvalue weighted by Crippen LogP contribution is -2.52. The van der Waals surface area contributed by atoms with Crippen molar-refractivity contribution in [1.82, 2.24) is 24.4 Å². The van der Waals surface area contributed by atoms with Crippen LogP contribution in [0, 0.1) is 6.92 Å². The van der Waals surface area contributed by atoms with Crippen molar-refractivity contribution in [1.29, 1.82) is 0 Å². The van der Waals surface area contributed by atoms with E-state index in [9.17, 15) is 14.7 Å². The first-order chi connectivity index (χ1) is 22.1. The van der Waals surface area contributed by atoms with Gasteiger partial charge in [0.25, 0.3) is 5.91 Å². The van der Waals surface area contributed by atoms with Crippen LogP contribution in [0.5, 0.6) is 0 Å². The predicted molar refractivity (Wildman–Crippen MR) is 182 cm³/mol. The zero-order chi connectivity index (χ0) is 32.2. The molecule has 0 unspecified atom stereocenters. The molecule has 8 nitrogen and oxygen atoms in total. The second kappa shape index (κ2) is 11.7. The molecular weight excluding hydrogens is 598 g/mol. The Morgan fingerprint density at radius 2 is 1.80 bits per heavy atom. The fourth-order valence-corrected chi connectivity index (χ4v) is 7.54. The van der Waals surface area contributed by atoms with E-state index in [4.69, 9.17) is 21.6 Å². The fraction of sp³-hybridized carbons (Fsp3) is 0.351. The average molecular weight is 636 g/mol. The van der Waals surface area contributed by atoms with Crippen molar-refractivity contribution >= 4 is 51.5 Å². The number of hydrogen-bond acceptors (Lipinski definition) is 4. The van der Waals surface area contributed by atoms with Gasteiger partial charge in [-0.05, 0) is 106 Å². The second-order valence-electron chi connectivity index (χ2n) is 13.0. The van der Waals surface area contributed by atoms with Crippen LogP contribution in [-0.2, 0) is 17.4 Å². The van der Waals surface area contributed by atoms with Crippen molar-refractivity contribution in [3.63, 3.8) is 0 Å². The number of amides is 1. The number of aromatic nitrogens is 4. The van der Waals surface area contributed by atoms with E-state index >= 15 is 0 Å². The van der Waals surface area contributed by atoms with Gasteiger partial charge in [-0.3, -0.25) is 9.78 Å². The van der Waals surface area contributed by atoms with Gasteiger partial charge in [0.1, 0.15) is 5.82 Å². The highest BCUT2D eigenvalue weighted by Gasteiger charge is 2.44. The van der Waals surface area contributed by atoms with Gasteiger partial charge in [0, 0.05) is 41.3 Å². The summed E-state index contributed by atoms with van der Waals surface area (Å²) in [5.41, 5.74) is 7.04. The van der Waals surface area contributed by atoms with Crippen LogP contribution in [0.4, 0.5) is 0 Å². The summed E-state index contributed by atoms with van der Waals surface area (Å²) in [4.78, 5) is 35.0. The van der Waals surface area contributed by atoms with E-state index in [0.717, 1.165) is 82.4 Å². The molecule has 0 aliphatic heterocycles. The lowest BCUT2D eigenvalue weighted by molar-refractivity contribution is -0.132. The molecule has 3 aromatic heterocycles. The summed E-state index contributed by atoms with van der Waals surface area (Å²) < 4.78 is 4.49. The van der Waals surface area contributed by atoms with E-state index in [1.54, 1.807) is 19.2 Å². The molecule has 5 aromatic rings. The minimum atomic E-state index is -0.946. The Morgan fingerprint density at radius 3 is 2.48 bits per heavy atom. The minimum absolute atomic E-state index is 0.120. The van der Waals surface area contributed by atoms with Crippen molar-refractivity contribution in [3.8, 4) is 11.4 Å². The van der Waals surface area contributed by atoms with Gasteiger partial charge in [-0.15, -0.1) is 0 Å². The number of nitrogens with one attached hydrogen (secondary N) is 1. The minimum Gasteiger partial charge on any atom is -0.478 e. The Bertz CT molecular complexity index is 2030. The highest BCUT2D eigenvalue weighted by atomic mass is 35.5. The van der Waals surface area contributed by atoms with E-state index in [1.807, 2.05) is 54.1 Å². The first-order valence-electron chi connectivity index (χ1n) is 16.1. The molecule has 2 aliphatic rings. The Kier molecular flexibility index (Phi) is 7.71. The summed E-state index contributed by atoms with van der Waals surface area (Å²) in [6.07, 6.45) is 11.9. The molecule has 0 radical (unpaired) electrons. The van der Waals surface area contributed by atoms with Gasteiger partial charge < -0.3 is 19.6 Å². The Balaban J connectivity index is 1.24. The molecule has 0 saturated heterocycles. The van der Waals surface area contributed by atoms with Gasteiger partial charge in [-0.25, -0.2) is 9.78 Å². The first-order valence-corrected chi connectivity index (χ1v) is 16.5. The molecule has 0 spiro atoms. The lowest BCUT2D eigenvalue weighted by Gasteiger charge is -2.41. The van der Waals surface area contributed by atoms with Crippen LogP contribution in [0.3, 0.4) is 0 Å². The molecule has 1 amide bonds. The maximum atomic E-state index is 14.0. The number of benzene rings is 2. The van der Waals surface area contributed by atoms with Crippen LogP contribution >= 0.6 is 11.6 Å². The average Bonchev–Trinajstić information content (AvgIpc) is 3.52. The van der Waals surface area contributed by atoms with Crippen LogP contribution in [0.2, 0.25) is 5.02 Å². The number of carbonyl (C=O) groups is 2. The largest absolute Gasteiger partial charge is 0.478 e. The molecule has 3 heterocycles. The van der Waals surface area contributed by atoms with Gasteiger partial charge in [0.15, 0.2) is 0 Å². The summed E-state index contributed by atoms with van der Waals surface area (Å²) in [6.45, 7) is 3.71. The van der Waals surface area contributed by atoms with E-state index in [1.165, 1.54) is 19.3 Å². The predicted octanol–water partition coefficient (Wildman–Crippen LogP) is 8.35. The summed E-state index contributed by atoms with van der Waals surface area (Å²) in [5.74, 6) is -0.251. The van der Waals surface area contributed by atoms with E-state index in [2.05, 4.69) is 22.9 Å². The number of hydrogen-bond donors (Lipinski definition) is 2. The molecule has 236 valence electrons. The SMILES string of the molecule is C/C(=C\c1ccc2nc(C3(NC(=O)c4ccc5c(c4)c(C)c(-c4ccc(Cl)cn4)n5C4CCCCC4)CCC3)n(C)c2c1)C(=O)O. The van der Waals surface area contributed by atoms with Crippen molar-refractivity contribution in [2.75, 3.05) is 0 Å². The zero-order valence-electron chi connectivity index (χ0n) is 26.4. The molecule has 0 bridgehead atoms. The number of carbonyl (C=O) groups excluding carboxylic acids is 1. The summed E-state index contributed by atoms with van der Waals surface area (Å²) in [6, 6.07) is 16.1. The van der Waals surface area contributed by atoms with Crippen LogP contribution in [-0.4, -0.2) is 36.1 Å². The van der Waals surface area contributed by atoms with Crippen molar-refractivity contribution in [2.45, 2.75) is 76.8 Å². The van der Waals surface area contributed by atoms with Crippen LogP contribution in [0.1, 0.15) is 91.6 Å². The summed E-state index contributed by atoms with van der Waals surface area (Å²) in [7, 11) is 1.96. The number of aliphatic carboxylic acids is 1. The molecule has 7 rings (SSSR count). The number of nitrogens with zero attached hydrogens (tertiary/aromatic N) is 4. The standard InChI is InChI=1S/C37H38ClN5O3/c1-22(35(45)46)18-24-10-13-29-32(19-24)42(3)36(40-29)37(16-7-17-37)41-34(44)25-11-15-31-28(20-25)23(2)33(30-14-12-26(38)21-39-30)43(31)27-8-5-4-6-9-27/h10-15,18-21,27H,4-9,16-17H2,1-3H3,(H,41,44)(H,45,46)/b22-18+. The van der Waals surface area contributed by atoms with Crippen molar-refractivity contribution in [3.05, 3.63) is 87.8 Å². The van der Waals surface area contributed by atoms with Crippen molar-refractivity contribution < 1.29 is 14.7 Å². The third kappa shape index (κ3) is 5.18. The molecule has 2 aliphatic carbocycles. The van der Waals surface area contributed by atoms with E-state index in [0.29, 0.717) is 16.6 Å². The number of rotatable bonds is 7. The monoisotopic (exact) mass is 635 g/mol. The quantitative estimate of drug-likeness (QED) is 0.175. The summed E-state index contributed by atoms with van der Waals surface area (Å²) in [5, 5.41) is 14.4. The number of imidazole rings is 1. The van der Waals surface area contributed by atoms with Crippen LogP contribution in [0.25, 0.3) is 39.4 Å². The normalized spacial score (nSPS) is 16.9. The van der Waals surface area contributed by atoms with Crippen molar-refractivity contribution in [2.24, 2.45) is 7.05 Å². The van der Waals surface area contributed by atoms with Gasteiger partial charge in [-0.2, -0.15) is 0 Å². The number of halogens is 1. The fourth-order valence-electron chi connectivity index (χ4n) is 7.43. The number of fused-ring (bicyclic) bond motifs is 2. The summed E-state index contributed by atoms with van der Waals surface area (Å²) >= 11 is 6.20. The smallest absolute Gasteiger partial charge is 0.331 e. The van der Waals surface area contributed by atoms with Gasteiger partial charge in [-0.1, -0.05) is 36.9 Å². The number of pyridine rings is 1. The number of aryl methyl sites for hydroxylation is 2. The molecule has 46 heavy (non-hydrogen) atoms. The van der Waals surface area contributed by atoms with E-state index in [-0.39, 0.29) is 11.5 Å². The van der Waals surface area contributed by atoms with Gasteiger partial charge in [0.2, 0.25) is 0 Å². The Hall–Kier alpha value is -4.43. The molecule has 2 N–H and O–H groups in total. The maximum absolute atomic E-state index is 14.0.